The summed E-state index contributed by atoms with van der Waals surface area (Å²) >= 11 is -2.66. The van der Waals surface area contributed by atoms with Crippen molar-refractivity contribution >= 4 is 24.3 Å². The molecule has 0 bridgehead atoms. The summed E-state index contributed by atoms with van der Waals surface area (Å²) in [6, 6.07) is 36.0. The van der Waals surface area contributed by atoms with Gasteiger partial charge in [0.15, 0.2) is 0 Å². The molecule has 4 aromatic carbocycles. The second kappa shape index (κ2) is 12.7. The van der Waals surface area contributed by atoms with E-state index in [2.05, 4.69) is 123 Å². The SMILES string of the molecule is C=Cc1ccc([CH2][Ti]([CH2]c2ccc(C=C)cc2)([CH2]c2ccc(C=C)cc2)[CH2]c2ccc(C=C)cc2)cc1. The summed E-state index contributed by atoms with van der Waals surface area (Å²) in [7, 11) is 0. The fourth-order valence-electron chi connectivity index (χ4n) is 5.19. The van der Waals surface area contributed by atoms with Gasteiger partial charge in [0.2, 0.25) is 0 Å². The summed E-state index contributed by atoms with van der Waals surface area (Å²) in [6.07, 6.45) is 7.67. The summed E-state index contributed by atoms with van der Waals surface area (Å²) < 4.78 is 4.64. The zero-order valence-electron chi connectivity index (χ0n) is 21.7. The van der Waals surface area contributed by atoms with Gasteiger partial charge in [0.1, 0.15) is 0 Å². The first-order chi connectivity index (χ1) is 18.0. The van der Waals surface area contributed by atoms with E-state index in [4.69, 9.17) is 0 Å². The van der Waals surface area contributed by atoms with Crippen LogP contribution in [-0.4, -0.2) is 0 Å². The van der Waals surface area contributed by atoms with Crippen LogP contribution in [0.4, 0.5) is 0 Å². The average molecular weight is 517 g/mol. The molecule has 184 valence electrons. The van der Waals surface area contributed by atoms with Gasteiger partial charge in [0.25, 0.3) is 0 Å². The van der Waals surface area contributed by atoms with E-state index < -0.39 is 16.6 Å². The normalized spacial score (nSPS) is 11.0. The topological polar surface area (TPSA) is 0 Å². The molecule has 0 aliphatic rings. The molecule has 0 spiro atoms. The first-order valence-electron chi connectivity index (χ1n) is 12.9. The quantitative estimate of drug-likeness (QED) is 0.165. The fraction of sp³-hybridized carbons (Fsp3) is 0.111. The molecule has 4 aromatic rings. The Bertz CT molecular complexity index is 1120. The minimum absolute atomic E-state index is 1.16. The summed E-state index contributed by atoms with van der Waals surface area (Å²) in [6.45, 7) is 15.7. The van der Waals surface area contributed by atoms with Gasteiger partial charge in [-0.2, -0.15) is 0 Å². The van der Waals surface area contributed by atoms with Gasteiger partial charge in [-0.1, -0.05) is 0 Å². The van der Waals surface area contributed by atoms with E-state index in [0.717, 1.165) is 18.9 Å². The molecule has 0 aliphatic carbocycles. The van der Waals surface area contributed by atoms with Crippen LogP contribution in [0.25, 0.3) is 24.3 Å². The van der Waals surface area contributed by atoms with Crippen LogP contribution in [0.5, 0.6) is 0 Å². The Morgan fingerprint density at radius 1 is 0.351 bits per heavy atom. The van der Waals surface area contributed by atoms with E-state index >= 15 is 0 Å². The van der Waals surface area contributed by atoms with E-state index in [9.17, 15) is 0 Å². The van der Waals surface area contributed by atoms with Gasteiger partial charge >= 0.3 is 228 Å². The van der Waals surface area contributed by atoms with E-state index in [0.29, 0.717) is 0 Å². The van der Waals surface area contributed by atoms with Gasteiger partial charge < -0.3 is 0 Å². The Morgan fingerprint density at radius 3 is 0.703 bits per heavy atom. The number of hydrogen-bond acceptors (Lipinski definition) is 0. The van der Waals surface area contributed by atoms with Crippen molar-refractivity contribution < 1.29 is 16.6 Å². The second-order valence-electron chi connectivity index (χ2n) is 9.99. The molecule has 0 nitrogen and oxygen atoms in total. The predicted octanol–water partition coefficient (Wildman–Crippen LogP) is 9.51. The molecule has 0 heterocycles. The summed E-state index contributed by atoms with van der Waals surface area (Å²) in [4.78, 5) is 0. The maximum absolute atomic E-state index is 3.94. The van der Waals surface area contributed by atoms with Gasteiger partial charge in [0, 0.05) is 0 Å². The van der Waals surface area contributed by atoms with Crippen LogP contribution in [0.3, 0.4) is 0 Å². The zero-order valence-corrected chi connectivity index (χ0v) is 23.3. The molecule has 1 heteroatoms. The van der Waals surface area contributed by atoms with Crippen LogP contribution in [0.1, 0.15) is 44.5 Å². The minimum atomic E-state index is -2.66. The van der Waals surface area contributed by atoms with Gasteiger partial charge in [0.05, 0.1) is 0 Å². The molecule has 0 aliphatic heterocycles. The number of rotatable bonds is 12. The van der Waals surface area contributed by atoms with E-state index in [1.807, 2.05) is 24.3 Å². The van der Waals surface area contributed by atoms with Gasteiger partial charge in [-0.25, -0.2) is 0 Å². The third-order valence-corrected chi connectivity index (χ3v) is 14.4. The first-order valence-corrected chi connectivity index (χ1v) is 17.3. The second-order valence-corrected chi connectivity index (χ2v) is 16.9. The van der Waals surface area contributed by atoms with Crippen molar-refractivity contribution in [2.45, 2.75) is 18.9 Å². The first kappa shape index (κ1) is 26.6. The molecular weight excluding hydrogens is 480 g/mol. The predicted molar refractivity (Wildman–Crippen MR) is 161 cm³/mol. The maximum atomic E-state index is 3.94. The van der Waals surface area contributed by atoms with Crippen molar-refractivity contribution in [3.05, 3.63) is 168 Å². The van der Waals surface area contributed by atoms with Gasteiger partial charge in [-0.05, 0) is 0 Å². The molecule has 4 rings (SSSR count). The standard InChI is InChI=1S/4C9H9.Ti/c4*1-3-9-6-4-8(2)5-7-9;/h4*3-7H,1-2H2;. The van der Waals surface area contributed by atoms with Gasteiger partial charge in [-0.15, -0.1) is 0 Å². The van der Waals surface area contributed by atoms with Gasteiger partial charge in [-0.3, -0.25) is 0 Å². The molecule has 0 saturated carbocycles. The molecule has 0 saturated heterocycles. The van der Waals surface area contributed by atoms with Crippen LogP contribution in [-0.2, 0) is 35.5 Å². The van der Waals surface area contributed by atoms with E-state index in [1.165, 1.54) is 44.5 Å². The number of benzene rings is 4. The van der Waals surface area contributed by atoms with Crippen molar-refractivity contribution in [3.63, 3.8) is 0 Å². The summed E-state index contributed by atoms with van der Waals surface area (Å²) in [5, 5.41) is 0. The van der Waals surface area contributed by atoms with Crippen LogP contribution in [0.15, 0.2) is 123 Å². The molecule has 0 atom stereocenters. The number of hydrogen-bond donors (Lipinski definition) is 0. The third kappa shape index (κ3) is 7.29. The Kier molecular flexibility index (Phi) is 9.12. The van der Waals surface area contributed by atoms with Crippen LogP contribution < -0.4 is 0 Å². The van der Waals surface area contributed by atoms with Crippen LogP contribution in [0.2, 0.25) is 0 Å². The Balaban J connectivity index is 1.78. The van der Waals surface area contributed by atoms with Crippen LogP contribution in [0, 0.1) is 0 Å². The summed E-state index contributed by atoms with van der Waals surface area (Å²) in [5.74, 6) is 0. The summed E-state index contributed by atoms with van der Waals surface area (Å²) in [5.41, 5.74) is 10.4. The average Bonchev–Trinajstić information content (AvgIpc) is 2.94. The molecule has 0 fully saturated rings. The van der Waals surface area contributed by atoms with Crippen molar-refractivity contribution in [2.75, 3.05) is 0 Å². The molecule has 0 amide bonds. The molecule has 0 unspecified atom stereocenters. The molecule has 0 radical (unpaired) electrons. The van der Waals surface area contributed by atoms with E-state index in [1.54, 1.807) is 0 Å². The Morgan fingerprint density at radius 2 is 0.541 bits per heavy atom. The van der Waals surface area contributed by atoms with Crippen molar-refractivity contribution in [1.82, 2.24) is 0 Å². The Labute approximate surface area is 226 Å². The van der Waals surface area contributed by atoms with Crippen LogP contribution >= 0.6 is 0 Å². The van der Waals surface area contributed by atoms with E-state index in [-0.39, 0.29) is 0 Å². The van der Waals surface area contributed by atoms with Crippen molar-refractivity contribution in [2.24, 2.45) is 0 Å². The van der Waals surface area contributed by atoms with Crippen molar-refractivity contribution in [1.29, 1.82) is 0 Å². The zero-order chi connectivity index (χ0) is 26.1. The van der Waals surface area contributed by atoms with Crippen molar-refractivity contribution in [3.8, 4) is 0 Å². The fourth-order valence-corrected chi connectivity index (χ4v) is 13.2. The molecular formula is C36H36Ti. The Hall–Kier alpha value is -3.45. The molecule has 0 aromatic heterocycles. The molecule has 0 N–H and O–H groups in total. The molecule has 37 heavy (non-hydrogen) atoms. The third-order valence-electron chi connectivity index (χ3n) is 7.18. The monoisotopic (exact) mass is 516 g/mol.